The van der Waals surface area contributed by atoms with Crippen molar-refractivity contribution in [1.82, 2.24) is 29.7 Å². The van der Waals surface area contributed by atoms with E-state index in [1.165, 1.54) is 0 Å². The first kappa shape index (κ1) is 16.8. The smallest absolute Gasteiger partial charge is 0.162 e. The third-order valence-electron chi connectivity index (χ3n) is 5.10. The molecule has 28 heavy (non-hydrogen) atoms. The minimum Gasteiger partial charge on any atom is -0.365 e. The zero-order chi connectivity index (χ0) is 18.9. The Morgan fingerprint density at radius 3 is 2.79 bits per heavy atom. The van der Waals surface area contributed by atoms with E-state index in [2.05, 4.69) is 33.4 Å². The van der Waals surface area contributed by atoms with Gasteiger partial charge < -0.3 is 5.32 Å². The highest BCUT2D eigenvalue weighted by Crippen LogP contribution is 2.26. The largest absolute Gasteiger partial charge is 0.365 e. The number of fused-ring (bicyclic) bond motifs is 2. The van der Waals surface area contributed by atoms with Gasteiger partial charge in [0.05, 0.1) is 12.1 Å². The van der Waals surface area contributed by atoms with Crippen molar-refractivity contribution >= 4 is 16.7 Å². The summed E-state index contributed by atoms with van der Waals surface area (Å²) in [5.41, 5.74) is 1.89. The van der Waals surface area contributed by atoms with Gasteiger partial charge in [0.2, 0.25) is 0 Å². The van der Waals surface area contributed by atoms with E-state index in [1.54, 1.807) is 12.4 Å². The second-order valence-electron chi connectivity index (χ2n) is 7.01. The fourth-order valence-electron chi connectivity index (χ4n) is 3.64. The Labute approximate surface area is 162 Å². The molecule has 0 saturated carbocycles. The van der Waals surface area contributed by atoms with E-state index in [0.717, 1.165) is 59.7 Å². The maximum absolute atomic E-state index is 4.85. The molecule has 1 atom stereocenters. The minimum absolute atomic E-state index is 0.252. The van der Waals surface area contributed by atoms with E-state index in [9.17, 15) is 0 Å². The molecule has 0 aliphatic carbocycles. The van der Waals surface area contributed by atoms with Crippen molar-refractivity contribution < 1.29 is 0 Å². The van der Waals surface area contributed by atoms with Gasteiger partial charge in [0.25, 0.3) is 0 Å². The van der Waals surface area contributed by atoms with Crippen LogP contribution in [0.3, 0.4) is 0 Å². The van der Waals surface area contributed by atoms with E-state index in [-0.39, 0.29) is 6.04 Å². The Balaban J connectivity index is 1.50. The minimum atomic E-state index is 0.252. The average Bonchev–Trinajstić information content (AvgIpc) is 3.17. The van der Waals surface area contributed by atoms with Crippen molar-refractivity contribution in [2.75, 3.05) is 5.32 Å². The molecule has 3 aromatic heterocycles. The van der Waals surface area contributed by atoms with Crippen LogP contribution in [0.25, 0.3) is 22.3 Å². The maximum atomic E-state index is 4.85. The summed E-state index contributed by atoms with van der Waals surface area (Å²) in [5, 5.41) is 9.29. The zero-order valence-corrected chi connectivity index (χ0v) is 15.7. The summed E-state index contributed by atoms with van der Waals surface area (Å²) < 4.78 is 2.03. The third-order valence-corrected chi connectivity index (χ3v) is 5.10. The van der Waals surface area contributed by atoms with E-state index in [4.69, 9.17) is 9.97 Å². The average molecular weight is 371 g/mol. The summed E-state index contributed by atoms with van der Waals surface area (Å²) in [6.07, 6.45) is 6.32. The van der Waals surface area contributed by atoms with Crippen LogP contribution in [0.5, 0.6) is 0 Å². The van der Waals surface area contributed by atoms with Gasteiger partial charge in [0.1, 0.15) is 11.6 Å². The quantitative estimate of drug-likeness (QED) is 0.593. The van der Waals surface area contributed by atoms with E-state index in [1.807, 2.05) is 35.0 Å². The molecule has 0 spiro atoms. The highest BCUT2D eigenvalue weighted by Gasteiger charge is 2.22. The van der Waals surface area contributed by atoms with Crippen molar-refractivity contribution in [3.05, 3.63) is 60.4 Å². The van der Waals surface area contributed by atoms with Crippen molar-refractivity contribution in [3.8, 4) is 11.4 Å². The van der Waals surface area contributed by atoms with Crippen molar-refractivity contribution in [2.24, 2.45) is 0 Å². The lowest BCUT2D eigenvalue weighted by molar-refractivity contribution is 0.440. The van der Waals surface area contributed by atoms with Crippen LogP contribution in [0.2, 0.25) is 0 Å². The van der Waals surface area contributed by atoms with Gasteiger partial charge >= 0.3 is 0 Å². The van der Waals surface area contributed by atoms with E-state index in [0.29, 0.717) is 5.82 Å². The Bertz CT molecular complexity index is 1120. The molecule has 0 amide bonds. The monoisotopic (exact) mass is 371 g/mol. The maximum Gasteiger partial charge on any atom is 0.162 e. The second-order valence-corrected chi connectivity index (χ2v) is 7.01. The first-order chi connectivity index (χ1) is 13.8. The van der Waals surface area contributed by atoms with Crippen LogP contribution < -0.4 is 5.32 Å². The van der Waals surface area contributed by atoms with Crippen LogP contribution in [0.4, 0.5) is 5.82 Å². The number of rotatable bonds is 4. The van der Waals surface area contributed by atoms with Gasteiger partial charge in [-0.1, -0.05) is 19.1 Å². The zero-order valence-electron chi connectivity index (χ0n) is 15.7. The molecule has 1 aromatic carbocycles. The summed E-state index contributed by atoms with van der Waals surface area (Å²) in [4.78, 5) is 18.3. The van der Waals surface area contributed by atoms with Gasteiger partial charge in [0, 0.05) is 42.2 Å². The lowest BCUT2D eigenvalue weighted by atomic mass is 10.1. The number of aryl methyl sites for hydroxylation is 2. The predicted molar refractivity (Wildman–Crippen MR) is 108 cm³/mol. The predicted octanol–water partition coefficient (Wildman–Crippen LogP) is 3.27. The Morgan fingerprint density at radius 2 is 1.93 bits per heavy atom. The number of aromatic nitrogens is 6. The normalized spacial score (nSPS) is 16.1. The number of hydrogen-bond acceptors (Lipinski definition) is 6. The molecule has 1 N–H and O–H groups in total. The molecule has 0 bridgehead atoms. The molecule has 1 aliphatic rings. The topological polar surface area (TPSA) is 81.4 Å². The fourth-order valence-corrected chi connectivity index (χ4v) is 3.64. The fraction of sp³-hybridized carbons (Fsp3) is 0.286. The van der Waals surface area contributed by atoms with Crippen LogP contribution in [0.1, 0.15) is 25.0 Å². The van der Waals surface area contributed by atoms with Gasteiger partial charge in [-0.2, -0.15) is 5.10 Å². The van der Waals surface area contributed by atoms with Crippen molar-refractivity contribution in [3.63, 3.8) is 0 Å². The third kappa shape index (κ3) is 3.09. The molecule has 5 rings (SSSR count). The van der Waals surface area contributed by atoms with Gasteiger partial charge in [-0.3, -0.25) is 4.98 Å². The van der Waals surface area contributed by atoms with Crippen LogP contribution in [0, 0.1) is 0 Å². The summed E-state index contributed by atoms with van der Waals surface area (Å²) in [6, 6.07) is 12.2. The molecule has 1 aliphatic heterocycles. The molecule has 7 nitrogen and oxygen atoms in total. The van der Waals surface area contributed by atoms with Crippen LogP contribution in [-0.4, -0.2) is 35.8 Å². The van der Waals surface area contributed by atoms with Crippen LogP contribution in [0.15, 0.2) is 48.8 Å². The summed E-state index contributed by atoms with van der Waals surface area (Å²) >= 11 is 0. The van der Waals surface area contributed by atoms with Crippen LogP contribution in [-0.2, 0) is 19.4 Å². The molecular formula is C21H21N7. The second kappa shape index (κ2) is 6.99. The molecule has 0 radical (unpaired) electrons. The number of nitrogens with zero attached hydrogens (tertiary/aromatic N) is 6. The number of para-hydroxylation sites is 1. The van der Waals surface area contributed by atoms with Gasteiger partial charge in [-0.15, -0.1) is 0 Å². The summed E-state index contributed by atoms with van der Waals surface area (Å²) in [6.45, 7) is 2.88. The summed E-state index contributed by atoms with van der Waals surface area (Å²) in [5.74, 6) is 3.57. The number of benzene rings is 1. The van der Waals surface area contributed by atoms with Gasteiger partial charge in [-0.05, 0) is 30.7 Å². The highest BCUT2D eigenvalue weighted by atomic mass is 15.4. The number of anilines is 1. The summed E-state index contributed by atoms with van der Waals surface area (Å²) in [7, 11) is 0. The lowest BCUT2D eigenvalue weighted by Crippen LogP contribution is -2.32. The van der Waals surface area contributed by atoms with Gasteiger partial charge in [-0.25, -0.2) is 19.6 Å². The van der Waals surface area contributed by atoms with Crippen molar-refractivity contribution in [1.29, 1.82) is 0 Å². The molecule has 140 valence electrons. The number of nitrogens with one attached hydrogen (secondary N) is 1. The molecule has 0 fully saturated rings. The number of hydrogen-bond donors (Lipinski definition) is 1. The lowest BCUT2D eigenvalue weighted by Gasteiger charge is -2.24. The van der Waals surface area contributed by atoms with E-state index < -0.39 is 0 Å². The Morgan fingerprint density at radius 1 is 1.07 bits per heavy atom. The first-order valence-corrected chi connectivity index (χ1v) is 9.66. The molecular weight excluding hydrogens is 350 g/mol. The highest BCUT2D eigenvalue weighted by molar-refractivity contribution is 5.90. The standard InChI is InChI=1S/C21H21N7/c1-2-18-25-19-8-7-15(13-28(19)27-18)23-21-16-5-3-4-6-17(16)24-20(26-21)14-9-11-22-12-10-14/h3-6,9-12,15H,2,7-8,13H2,1H3,(H,23,24,26). The molecule has 4 heterocycles. The SMILES string of the molecule is CCc1nc2n(n1)CC(Nc1nc(-c3ccncc3)nc3ccccc13)CC2. The molecule has 1 unspecified atom stereocenters. The van der Waals surface area contributed by atoms with Crippen molar-refractivity contribution in [2.45, 2.75) is 38.8 Å². The van der Waals surface area contributed by atoms with Gasteiger partial charge in [0.15, 0.2) is 11.6 Å². The molecule has 7 heteroatoms. The molecule has 0 saturated heterocycles. The van der Waals surface area contributed by atoms with E-state index >= 15 is 0 Å². The first-order valence-electron chi connectivity index (χ1n) is 9.66. The number of pyridine rings is 1. The Hall–Kier alpha value is -3.35. The molecule has 4 aromatic rings. The van der Waals surface area contributed by atoms with Crippen LogP contribution >= 0.6 is 0 Å². The Kier molecular flexibility index (Phi) is 4.20.